The Balaban J connectivity index is 1.53. The van der Waals surface area contributed by atoms with Crippen LogP contribution >= 0.6 is 0 Å². The molecule has 0 aliphatic carbocycles. The first-order chi connectivity index (χ1) is 13.9. The first kappa shape index (κ1) is 19.2. The number of ether oxygens (including phenoxy) is 1. The smallest absolute Gasteiger partial charge is 0.409 e. The van der Waals surface area contributed by atoms with Crippen molar-refractivity contribution in [3.63, 3.8) is 0 Å². The fourth-order valence-electron chi connectivity index (χ4n) is 3.80. The van der Waals surface area contributed by atoms with E-state index in [4.69, 9.17) is 4.74 Å². The Labute approximate surface area is 166 Å². The summed E-state index contributed by atoms with van der Waals surface area (Å²) in [7, 11) is 1.59. The molecule has 156 valence electrons. The first-order valence-corrected chi connectivity index (χ1v) is 9.72. The van der Waals surface area contributed by atoms with Gasteiger partial charge < -0.3 is 14.2 Å². The molecule has 29 heavy (non-hydrogen) atoms. The molecule has 1 fully saturated rings. The van der Waals surface area contributed by atoms with E-state index in [1.165, 1.54) is 4.57 Å². The largest absolute Gasteiger partial charge is 0.450 e. The number of fused-ring (bicyclic) bond motifs is 3. The van der Waals surface area contributed by atoms with E-state index in [2.05, 4.69) is 14.9 Å². The van der Waals surface area contributed by atoms with Gasteiger partial charge in [0.15, 0.2) is 11.2 Å². The van der Waals surface area contributed by atoms with Crippen LogP contribution < -0.4 is 11.2 Å². The van der Waals surface area contributed by atoms with Crippen molar-refractivity contribution in [2.75, 3.05) is 39.3 Å². The van der Waals surface area contributed by atoms with Gasteiger partial charge in [0.05, 0.1) is 6.61 Å². The van der Waals surface area contributed by atoms with E-state index in [1.54, 1.807) is 23.3 Å². The minimum absolute atomic E-state index is 0.255. The number of piperazine rings is 1. The lowest BCUT2D eigenvalue weighted by Gasteiger charge is -2.34. The van der Waals surface area contributed by atoms with Gasteiger partial charge in [0.2, 0.25) is 5.78 Å². The molecule has 1 N–H and O–H groups in total. The fourth-order valence-corrected chi connectivity index (χ4v) is 3.80. The molecule has 4 rings (SSSR count). The molecule has 4 heterocycles. The molecular formula is C18H25N7O4. The maximum absolute atomic E-state index is 12.3. The molecule has 0 atom stereocenters. The molecule has 3 aromatic heterocycles. The Morgan fingerprint density at radius 2 is 1.93 bits per heavy atom. The van der Waals surface area contributed by atoms with Gasteiger partial charge in [0.1, 0.15) is 0 Å². The standard InChI is InChI=1S/C18H25N7O4/c1-4-29-18(28)23-8-5-22(6-9-23)7-10-24-12(2)11-25-13-14(19-16(24)25)21(3)17(27)20-15(13)26/h11H,4-10H2,1-3H3,(H,20,26,27). The van der Waals surface area contributed by atoms with Gasteiger partial charge in [-0.05, 0) is 13.8 Å². The third kappa shape index (κ3) is 3.31. The van der Waals surface area contributed by atoms with E-state index in [1.807, 2.05) is 17.7 Å². The third-order valence-corrected chi connectivity index (χ3v) is 5.45. The molecular weight excluding hydrogens is 378 g/mol. The van der Waals surface area contributed by atoms with Crippen LogP contribution in [-0.2, 0) is 18.3 Å². The number of carbonyl (C=O) groups excluding carboxylic acids is 1. The lowest BCUT2D eigenvalue weighted by molar-refractivity contribution is 0.0788. The van der Waals surface area contributed by atoms with E-state index >= 15 is 0 Å². The third-order valence-electron chi connectivity index (χ3n) is 5.45. The summed E-state index contributed by atoms with van der Waals surface area (Å²) in [5.41, 5.74) is 0.791. The van der Waals surface area contributed by atoms with Crippen LogP contribution in [0.2, 0.25) is 0 Å². The Bertz CT molecular complexity index is 1180. The number of imidazole rings is 2. The van der Waals surface area contributed by atoms with Crippen LogP contribution in [0.5, 0.6) is 0 Å². The number of aryl methyl sites for hydroxylation is 2. The van der Waals surface area contributed by atoms with Crippen LogP contribution in [0.15, 0.2) is 15.8 Å². The van der Waals surface area contributed by atoms with E-state index in [0.717, 1.165) is 25.3 Å². The van der Waals surface area contributed by atoms with Gasteiger partial charge in [-0.2, -0.15) is 4.98 Å². The zero-order valence-electron chi connectivity index (χ0n) is 16.8. The number of nitrogens with zero attached hydrogens (tertiary/aromatic N) is 6. The maximum atomic E-state index is 12.3. The highest BCUT2D eigenvalue weighted by Crippen LogP contribution is 2.16. The number of hydrogen-bond acceptors (Lipinski definition) is 6. The Morgan fingerprint density at radius 3 is 2.62 bits per heavy atom. The maximum Gasteiger partial charge on any atom is 0.409 e. The molecule has 1 saturated heterocycles. The molecule has 0 spiro atoms. The lowest BCUT2D eigenvalue weighted by Crippen LogP contribution is -2.49. The van der Waals surface area contributed by atoms with Gasteiger partial charge >= 0.3 is 11.8 Å². The van der Waals surface area contributed by atoms with Gasteiger partial charge in [-0.15, -0.1) is 0 Å². The molecule has 0 unspecified atom stereocenters. The number of aromatic amines is 1. The monoisotopic (exact) mass is 403 g/mol. The number of hydrogen-bond donors (Lipinski definition) is 1. The van der Waals surface area contributed by atoms with Crippen molar-refractivity contribution in [1.29, 1.82) is 0 Å². The van der Waals surface area contributed by atoms with Crippen LogP contribution in [-0.4, -0.2) is 78.7 Å². The molecule has 11 nitrogen and oxygen atoms in total. The summed E-state index contributed by atoms with van der Waals surface area (Å²) >= 11 is 0. The Kier molecular flexibility index (Phi) is 4.91. The predicted octanol–water partition coefficient (Wildman–Crippen LogP) is -0.241. The average molecular weight is 403 g/mol. The molecule has 3 aromatic rings. The van der Waals surface area contributed by atoms with E-state index in [9.17, 15) is 14.4 Å². The zero-order valence-corrected chi connectivity index (χ0v) is 16.8. The second-order valence-corrected chi connectivity index (χ2v) is 7.22. The highest BCUT2D eigenvalue weighted by Gasteiger charge is 2.22. The van der Waals surface area contributed by atoms with Crippen LogP contribution in [0.1, 0.15) is 12.6 Å². The molecule has 0 saturated carbocycles. The second kappa shape index (κ2) is 7.39. The van der Waals surface area contributed by atoms with Crippen molar-refractivity contribution in [2.24, 2.45) is 7.05 Å². The highest BCUT2D eigenvalue weighted by atomic mass is 16.6. The number of carbonyl (C=O) groups is 1. The summed E-state index contributed by atoms with van der Waals surface area (Å²) in [6, 6.07) is 0. The number of aromatic nitrogens is 5. The summed E-state index contributed by atoms with van der Waals surface area (Å²) in [6.45, 7) is 8.48. The van der Waals surface area contributed by atoms with E-state index in [0.29, 0.717) is 43.2 Å². The average Bonchev–Trinajstić information content (AvgIpc) is 3.20. The van der Waals surface area contributed by atoms with Crippen molar-refractivity contribution in [3.8, 4) is 0 Å². The lowest BCUT2D eigenvalue weighted by atomic mass is 10.3. The van der Waals surface area contributed by atoms with Crippen LogP contribution in [0.3, 0.4) is 0 Å². The molecule has 1 amide bonds. The van der Waals surface area contributed by atoms with Crippen LogP contribution in [0.4, 0.5) is 4.79 Å². The topological polar surface area (TPSA) is 110 Å². The van der Waals surface area contributed by atoms with Crippen molar-refractivity contribution >= 4 is 23.0 Å². The number of rotatable bonds is 4. The highest BCUT2D eigenvalue weighted by molar-refractivity contribution is 5.75. The summed E-state index contributed by atoms with van der Waals surface area (Å²) < 4.78 is 10.2. The quantitative estimate of drug-likeness (QED) is 0.644. The normalized spacial score (nSPS) is 15.5. The van der Waals surface area contributed by atoms with Crippen molar-refractivity contribution in [3.05, 3.63) is 32.7 Å². The van der Waals surface area contributed by atoms with Gasteiger partial charge in [0.25, 0.3) is 5.56 Å². The van der Waals surface area contributed by atoms with Gasteiger partial charge in [0, 0.05) is 58.2 Å². The van der Waals surface area contributed by atoms with Crippen molar-refractivity contribution < 1.29 is 9.53 Å². The molecule has 0 radical (unpaired) electrons. The summed E-state index contributed by atoms with van der Waals surface area (Å²) in [6.07, 6.45) is 1.61. The summed E-state index contributed by atoms with van der Waals surface area (Å²) in [4.78, 5) is 46.9. The Hall–Kier alpha value is -3.08. The minimum Gasteiger partial charge on any atom is -0.450 e. The van der Waals surface area contributed by atoms with E-state index in [-0.39, 0.29) is 6.09 Å². The molecule has 1 aliphatic heterocycles. The molecule has 0 bridgehead atoms. The van der Waals surface area contributed by atoms with Gasteiger partial charge in [-0.3, -0.25) is 23.6 Å². The predicted molar refractivity (Wildman–Crippen MR) is 106 cm³/mol. The van der Waals surface area contributed by atoms with Crippen LogP contribution in [0, 0.1) is 6.92 Å². The van der Waals surface area contributed by atoms with E-state index < -0.39 is 11.2 Å². The number of H-pyrrole nitrogens is 1. The summed E-state index contributed by atoms with van der Waals surface area (Å²) in [5, 5.41) is 0. The van der Waals surface area contributed by atoms with Crippen molar-refractivity contribution in [1.82, 2.24) is 33.3 Å². The molecule has 0 aromatic carbocycles. The Morgan fingerprint density at radius 1 is 1.21 bits per heavy atom. The van der Waals surface area contributed by atoms with Gasteiger partial charge in [-0.1, -0.05) is 0 Å². The fraction of sp³-hybridized carbons (Fsp3) is 0.556. The summed E-state index contributed by atoms with van der Waals surface area (Å²) in [5.74, 6) is 0.634. The second-order valence-electron chi connectivity index (χ2n) is 7.22. The zero-order chi connectivity index (χ0) is 20.7. The number of amides is 1. The number of nitrogens with one attached hydrogen (secondary N) is 1. The van der Waals surface area contributed by atoms with Gasteiger partial charge in [-0.25, -0.2) is 9.59 Å². The first-order valence-electron chi connectivity index (χ1n) is 9.72. The molecule has 11 heteroatoms. The minimum atomic E-state index is -0.481. The SMILES string of the molecule is CCOC(=O)N1CCN(CCn2c(C)cn3c4c(=O)[nH]c(=O)n(C)c4nc23)CC1. The van der Waals surface area contributed by atoms with Crippen molar-refractivity contribution in [2.45, 2.75) is 20.4 Å². The van der Waals surface area contributed by atoms with Crippen LogP contribution in [0.25, 0.3) is 16.9 Å². The molecule has 1 aliphatic rings.